The summed E-state index contributed by atoms with van der Waals surface area (Å²) in [5.41, 5.74) is 3.23. The van der Waals surface area contributed by atoms with E-state index in [1.807, 2.05) is 43.5 Å². The molecule has 19 heavy (non-hydrogen) atoms. The molecule has 0 aliphatic rings. The summed E-state index contributed by atoms with van der Waals surface area (Å²) in [7, 11) is 0. The molecule has 92 valence electrons. The lowest BCUT2D eigenvalue weighted by atomic mass is 10.2. The molecule has 0 spiro atoms. The van der Waals surface area contributed by atoms with Gasteiger partial charge < -0.3 is 4.42 Å². The number of rotatable bonds is 0. The molecule has 0 bridgehead atoms. The van der Waals surface area contributed by atoms with E-state index in [-0.39, 0.29) is 5.63 Å². The van der Waals surface area contributed by atoms with Crippen LogP contribution in [-0.4, -0.2) is 9.38 Å². The Balaban J connectivity index is 2.41. The fourth-order valence-corrected chi connectivity index (χ4v) is 2.49. The van der Waals surface area contributed by atoms with Crippen molar-refractivity contribution in [3.05, 3.63) is 58.6 Å². The Morgan fingerprint density at radius 1 is 1.16 bits per heavy atom. The molecular formula is C15H10N2O2. The lowest BCUT2D eigenvalue weighted by Crippen LogP contribution is -2.02. The number of aryl methyl sites for hydroxylation is 1. The van der Waals surface area contributed by atoms with Crippen LogP contribution in [0, 0.1) is 6.92 Å². The molecule has 1 aromatic carbocycles. The number of nitrogens with zero attached hydrogens (tertiary/aromatic N) is 2. The van der Waals surface area contributed by atoms with Crippen molar-refractivity contribution in [3.63, 3.8) is 0 Å². The Hall–Kier alpha value is -2.62. The van der Waals surface area contributed by atoms with E-state index in [4.69, 9.17) is 4.42 Å². The van der Waals surface area contributed by atoms with Crippen LogP contribution in [0.5, 0.6) is 0 Å². The first-order chi connectivity index (χ1) is 9.25. The van der Waals surface area contributed by atoms with Crippen molar-refractivity contribution < 1.29 is 4.42 Å². The van der Waals surface area contributed by atoms with Crippen LogP contribution >= 0.6 is 0 Å². The number of pyridine rings is 1. The zero-order valence-electron chi connectivity index (χ0n) is 10.3. The fourth-order valence-electron chi connectivity index (χ4n) is 2.49. The van der Waals surface area contributed by atoms with Gasteiger partial charge >= 0.3 is 5.63 Å². The van der Waals surface area contributed by atoms with E-state index in [1.165, 1.54) is 0 Å². The third-order valence-corrected chi connectivity index (χ3v) is 3.38. The maximum Gasteiger partial charge on any atom is 0.363 e. The van der Waals surface area contributed by atoms with Crippen molar-refractivity contribution in [1.82, 2.24) is 9.38 Å². The predicted octanol–water partition coefficient (Wildman–Crippen LogP) is 2.90. The van der Waals surface area contributed by atoms with Crippen LogP contribution in [0.3, 0.4) is 0 Å². The van der Waals surface area contributed by atoms with Crippen molar-refractivity contribution in [3.8, 4) is 0 Å². The minimum atomic E-state index is -0.355. The van der Waals surface area contributed by atoms with Crippen molar-refractivity contribution >= 4 is 27.6 Å². The predicted molar refractivity (Wildman–Crippen MR) is 73.5 cm³/mol. The van der Waals surface area contributed by atoms with E-state index >= 15 is 0 Å². The van der Waals surface area contributed by atoms with Gasteiger partial charge in [-0.2, -0.15) is 0 Å². The van der Waals surface area contributed by atoms with Gasteiger partial charge in [-0.05, 0) is 30.7 Å². The molecule has 0 radical (unpaired) electrons. The van der Waals surface area contributed by atoms with Gasteiger partial charge in [-0.25, -0.2) is 9.78 Å². The number of benzene rings is 1. The molecule has 0 saturated heterocycles. The number of imidazole rings is 1. The molecule has 3 heterocycles. The van der Waals surface area contributed by atoms with Gasteiger partial charge in [0, 0.05) is 11.6 Å². The smallest absolute Gasteiger partial charge is 0.363 e. The van der Waals surface area contributed by atoms with Gasteiger partial charge in [0.05, 0.1) is 0 Å². The third kappa shape index (κ3) is 1.28. The molecule has 4 heteroatoms. The monoisotopic (exact) mass is 250 g/mol. The minimum absolute atomic E-state index is 0.355. The van der Waals surface area contributed by atoms with Gasteiger partial charge in [-0.15, -0.1) is 0 Å². The van der Waals surface area contributed by atoms with E-state index in [9.17, 15) is 4.79 Å². The maximum absolute atomic E-state index is 12.2. The largest absolute Gasteiger partial charge is 0.421 e. The highest BCUT2D eigenvalue weighted by Gasteiger charge is 2.14. The Kier molecular flexibility index (Phi) is 1.87. The van der Waals surface area contributed by atoms with Crippen LogP contribution in [-0.2, 0) is 0 Å². The normalized spacial score (nSPS) is 11.6. The lowest BCUT2D eigenvalue weighted by Gasteiger charge is -1.97. The SMILES string of the molecule is Cc1cccn2c1nc1c3ccccc3oc(=O)c12. The van der Waals surface area contributed by atoms with Crippen molar-refractivity contribution in [2.45, 2.75) is 6.92 Å². The second kappa shape index (κ2) is 3.45. The molecule has 3 aromatic heterocycles. The zero-order chi connectivity index (χ0) is 13.0. The average molecular weight is 250 g/mol. The summed E-state index contributed by atoms with van der Waals surface area (Å²) in [5, 5.41) is 0.861. The van der Waals surface area contributed by atoms with E-state index in [2.05, 4.69) is 4.98 Å². The highest BCUT2D eigenvalue weighted by Crippen LogP contribution is 2.23. The molecule has 0 atom stereocenters. The topological polar surface area (TPSA) is 47.5 Å². The summed E-state index contributed by atoms with van der Waals surface area (Å²) < 4.78 is 7.16. The first kappa shape index (κ1) is 10.3. The Labute approximate surface area is 107 Å². The number of fused-ring (bicyclic) bond motifs is 5. The zero-order valence-corrected chi connectivity index (χ0v) is 10.3. The standard InChI is InChI=1S/C15H10N2O2/c1-9-5-4-8-17-13-12(16-14(9)17)10-6-2-3-7-11(10)19-15(13)18/h2-8H,1H3. The summed E-state index contributed by atoms with van der Waals surface area (Å²) in [5.74, 6) is 0. The lowest BCUT2D eigenvalue weighted by molar-refractivity contribution is 0.567. The molecule has 4 aromatic rings. The molecule has 0 N–H and O–H groups in total. The molecule has 0 unspecified atom stereocenters. The van der Waals surface area contributed by atoms with E-state index in [0.717, 1.165) is 16.6 Å². The highest BCUT2D eigenvalue weighted by atomic mass is 16.4. The number of hydrogen-bond donors (Lipinski definition) is 0. The molecule has 4 rings (SSSR count). The van der Waals surface area contributed by atoms with Gasteiger partial charge in [0.25, 0.3) is 0 Å². The summed E-state index contributed by atoms with van der Waals surface area (Å²) >= 11 is 0. The van der Waals surface area contributed by atoms with Crippen LogP contribution in [0.2, 0.25) is 0 Å². The van der Waals surface area contributed by atoms with Gasteiger partial charge in [-0.1, -0.05) is 18.2 Å². The third-order valence-electron chi connectivity index (χ3n) is 3.38. The Morgan fingerprint density at radius 3 is 2.89 bits per heavy atom. The van der Waals surface area contributed by atoms with Crippen molar-refractivity contribution in [2.75, 3.05) is 0 Å². The van der Waals surface area contributed by atoms with Crippen molar-refractivity contribution in [1.29, 1.82) is 0 Å². The fraction of sp³-hybridized carbons (Fsp3) is 0.0667. The Morgan fingerprint density at radius 2 is 2.00 bits per heavy atom. The number of aromatic nitrogens is 2. The van der Waals surface area contributed by atoms with E-state index in [1.54, 1.807) is 10.5 Å². The summed E-state index contributed by atoms with van der Waals surface area (Å²) in [4.78, 5) is 16.8. The second-order valence-electron chi connectivity index (χ2n) is 4.58. The van der Waals surface area contributed by atoms with Gasteiger partial charge in [-0.3, -0.25) is 4.40 Å². The number of para-hydroxylation sites is 1. The quantitative estimate of drug-likeness (QED) is 0.451. The molecule has 0 aliphatic heterocycles. The van der Waals surface area contributed by atoms with Crippen LogP contribution < -0.4 is 5.63 Å². The molecule has 0 aliphatic carbocycles. The molecular weight excluding hydrogens is 240 g/mol. The minimum Gasteiger partial charge on any atom is -0.421 e. The highest BCUT2D eigenvalue weighted by molar-refractivity contribution is 6.02. The summed E-state index contributed by atoms with van der Waals surface area (Å²) in [6, 6.07) is 11.3. The molecule has 0 fully saturated rings. The van der Waals surface area contributed by atoms with Gasteiger partial charge in [0.15, 0.2) is 5.52 Å². The molecule has 0 saturated carbocycles. The Bertz CT molecular complexity index is 995. The average Bonchev–Trinajstić information content (AvgIpc) is 2.81. The van der Waals surface area contributed by atoms with Crippen LogP contribution in [0.15, 0.2) is 51.8 Å². The van der Waals surface area contributed by atoms with Gasteiger partial charge in [0.2, 0.25) is 0 Å². The molecule has 4 nitrogen and oxygen atoms in total. The first-order valence-electron chi connectivity index (χ1n) is 6.05. The van der Waals surface area contributed by atoms with E-state index in [0.29, 0.717) is 16.6 Å². The van der Waals surface area contributed by atoms with Crippen LogP contribution in [0.4, 0.5) is 0 Å². The molecule has 0 amide bonds. The van der Waals surface area contributed by atoms with E-state index < -0.39 is 0 Å². The summed E-state index contributed by atoms with van der Waals surface area (Å²) in [6.07, 6.45) is 1.84. The van der Waals surface area contributed by atoms with Crippen LogP contribution in [0.1, 0.15) is 5.56 Å². The second-order valence-corrected chi connectivity index (χ2v) is 4.58. The van der Waals surface area contributed by atoms with Gasteiger partial charge in [0.1, 0.15) is 16.7 Å². The maximum atomic E-state index is 12.2. The summed E-state index contributed by atoms with van der Waals surface area (Å²) in [6.45, 7) is 1.98. The number of hydrogen-bond acceptors (Lipinski definition) is 3. The van der Waals surface area contributed by atoms with Crippen molar-refractivity contribution in [2.24, 2.45) is 0 Å². The van der Waals surface area contributed by atoms with Crippen LogP contribution in [0.25, 0.3) is 27.6 Å². The first-order valence-corrected chi connectivity index (χ1v) is 6.05.